The lowest BCUT2D eigenvalue weighted by atomic mass is 10.0. The number of rotatable bonds is 21. The van der Waals surface area contributed by atoms with E-state index in [1.807, 2.05) is 164 Å². The van der Waals surface area contributed by atoms with Gasteiger partial charge in [-0.1, -0.05) is 111 Å². The fourth-order valence-corrected chi connectivity index (χ4v) is 13.0. The number of morpholine rings is 1. The first kappa shape index (κ1) is 74.0. The van der Waals surface area contributed by atoms with Crippen LogP contribution in [0.3, 0.4) is 0 Å². The van der Waals surface area contributed by atoms with Crippen molar-refractivity contribution >= 4 is 119 Å². The molecule has 109 heavy (non-hydrogen) atoms. The average molecular weight is 1460 g/mol. The number of ether oxygens (including phenoxy) is 4. The summed E-state index contributed by atoms with van der Waals surface area (Å²) in [7, 11) is 7.14. The third-order valence-electron chi connectivity index (χ3n) is 18.7. The van der Waals surface area contributed by atoms with Gasteiger partial charge >= 0.3 is 0 Å². The number of aromatic nitrogens is 6. The average Bonchev–Trinajstić information content (AvgIpc) is 0.799. The Morgan fingerprint density at radius 3 is 1.08 bits per heavy atom. The van der Waals surface area contributed by atoms with E-state index in [0.29, 0.717) is 40.7 Å². The molecule has 12 aromatic rings. The zero-order chi connectivity index (χ0) is 75.6. The van der Waals surface area contributed by atoms with Crippen LogP contribution in [-0.2, 0) is 19.1 Å². The highest BCUT2D eigenvalue weighted by molar-refractivity contribution is 6.03. The molecule has 0 unspecified atom stereocenters. The first-order chi connectivity index (χ1) is 53.3. The molecule has 0 radical (unpaired) electrons. The van der Waals surface area contributed by atoms with Crippen LogP contribution in [0.4, 0.5) is 69.0 Å². The van der Waals surface area contributed by atoms with Crippen molar-refractivity contribution < 1.29 is 33.3 Å². The van der Waals surface area contributed by atoms with Crippen molar-refractivity contribution in [2.24, 2.45) is 0 Å². The van der Waals surface area contributed by atoms with Gasteiger partial charge in [0.1, 0.15) is 17.2 Å². The lowest BCUT2D eigenvalue weighted by molar-refractivity contribution is -0.112. The van der Waals surface area contributed by atoms with E-state index < -0.39 is 0 Å². The van der Waals surface area contributed by atoms with Crippen LogP contribution in [0.15, 0.2) is 239 Å². The molecule has 3 saturated heterocycles. The Balaban J connectivity index is 0.000000144. The Bertz CT molecular complexity index is 5090. The molecule has 24 nitrogen and oxygen atoms in total. The predicted octanol–water partition coefficient (Wildman–Crippen LogP) is 14.5. The second-order valence-corrected chi connectivity index (χ2v) is 25.8. The minimum Gasteiger partial charge on any atom is -0.494 e. The fourth-order valence-electron chi connectivity index (χ4n) is 13.0. The van der Waals surface area contributed by atoms with E-state index in [-0.39, 0.29) is 17.7 Å². The maximum atomic E-state index is 11.8. The molecule has 0 bridgehead atoms. The second-order valence-electron chi connectivity index (χ2n) is 25.8. The first-order valence-electron chi connectivity index (χ1n) is 35.8. The normalized spacial score (nSPS) is 13.5. The number of amides is 3. The van der Waals surface area contributed by atoms with E-state index in [4.69, 9.17) is 33.9 Å². The van der Waals surface area contributed by atoms with Crippen molar-refractivity contribution in [2.75, 3.05) is 154 Å². The third kappa shape index (κ3) is 18.3. The molecule has 3 aliphatic heterocycles. The summed E-state index contributed by atoms with van der Waals surface area (Å²) in [5, 5.41) is 24.5. The Kier molecular flexibility index (Phi) is 23.9. The highest BCUT2D eigenvalue weighted by Crippen LogP contribution is 2.39. The molecule has 24 heteroatoms. The van der Waals surface area contributed by atoms with Crippen molar-refractivity contribution in [1.29, 1.82) is 0 Å². The summed E-state index contributed by atoms with van der Waals surface area (Å²) in [6.45, 7) is 21.6. The Morgan fingerprint density at radius 1 is 0.413 bits per heavy atom. The molecule has 3 aliphatic rings. The van der Waals surface area contributed by atoms with Crippen LogP contribution in [0.5, 0.6) is 17.2 Å². The van der Waals surface area contributed by atoms with Crippen molar-refractivity contribution in [3.63, 3.8) is 0 Å². The number of hydrogen-bond donors (Lipinski definition) is 7. The summed E-state index contributed by atoms with van der Waals surface area (Å²) in [5.74, 6) is 2.82. The number of likely N-dealkylation sites (N-methyl/N-ethyl adjacent to an activating group) is 1. The molecule has 3 aromatic heterocycles. The van der Waals surface area contributed by atoms with Gasteiger partial charge in [-0.25, -0.2) is 29.9 Å². The van der Waals surface area contributed by atoms with Crippen LogP contribution in [0.2, 0.25) is 0 Å². The van der Waals surface area contributed by atoms with E-state index >= 15 is 0 Å². The Morgan fingerprint density at radius 2 is 0.743 bits per heavy atom. The number of carbonyl (C=O) groups excluding carboxylic acids is 3. The van der Waals surface area contributed by atoms with Crippen molar-refractivity contribution in [3.8, 4) is 50.6 Å². The van der Waals surface area contributed by atoms with Gasteiger partial charge in [-0.2, -0.15) is 0 Å². The fraction of sp³-hybridized carbons (Fsp3) is 0.188. The molecule has 9 aromatic carbocycles. The molecule has 0 atom stereocenters. The van der Waals surface area contributed by atoms with E-state index in [9.17, 15) is 14.4 Å². The molecule has 552 valence electrons. The minimum atomic E-state index is -0.257. The van der Waals surface area contributed by atoms with Crippen molar-refractivity contribution in [2.45, 2.75) is 0 Å². The van der Waals surface area contributed by atoms with Crippen LogP contribution in [0, 0.1) is 0 Å². The number of methoxy groups -OCH3 is 3. The largest absolute Gasteiger partial charge is 0.494 e. The molecule has 0 saturated carbocycles. The van der Waals surface area contributed by atoms with Crippen molar-refractivity contribution in [3.05, 3.63) is 239 Å². The number of fused-ring (bicyclic) bond motifs is 3. The number of piperazine rings is 2. The number of hydrogen-bond acceptors (Lipinski definition) is 21. The summed E-state index contributed by atoms with van der Waals surface area (Å²) >= 11 is 0. The first-order valence-corrected chi connectivity index (χ1v) is 35.8. The summed E-state index contributed by atoms with van der Waals surface area (Å²) in [4.78, 5) is 72.7. The smallest absolute Gasteiger partial charge is 0.247 e. The quantitative estimate of drug-likeness (QED) is 0.0330. The third-order valence-corrected chi connectivity index (χ3v) is 18.7. The van der Waals surface area contributed by atoms with Crippen LogP contribution in [0.1, 0.15) is 0 Å². The monoisotopic (exact) mass is 1460 g/mol. The SMILES string of the molecule is C=CC(=O)Nc1cccc(-c2cccc3cnc(Nc4ccc(N5CCN(C)CC5)cc4OC)nc23)c1.C=CC(=O)Nc1cccc(-c2cccc3cnc(Nc4ccc(N5CCNCC5)cc4OC)nc23)c1.C=CC(=O)Nc1cccc(-c2cccc3cnc(Nc4ccc(N5CCOCC5)cc4OC)nc23)c1. The number of anilines is 12. The number of para-hydroxylation sites is 3. The van der Waals surface area contributed by atoms with E-state index in [1.54, 1.807) is 33.7 Å². The zero-order valence-corrected chi connectivity index (χ0v) is 61.2. The summed E-state index contributed by atoms with van der Waals surface area (Å²) in [6, 6.07) is 59.2. The molecule has 6 heterocycles. The molecule has 7 N–H and O–H groups in total. The van der Waals surface area contributed by atoms with Crippen LogP contribution in [0.25, 0.3) is 66.1 Å². The van der Waals surface area contributed by atoms with Gasteiger partial charge in [-0.05, 0) is 115 Å². The van der Waals surface area contributed by atoms with E-state index in [2.05, 4.69) is 123 Å². The topological polar surface area (TPSA) is 263 Å². The standard InChI is InChI=1S/C29H30N6O2.C28H28N6O2.C28H27N5O3/c1-4-27(36)31-22-9-5-7-20(17-22)24-10-6-8-21-19-30-29(33-28(21)24)32-25-12-11-23(18-26(25)37-3)35-15-13-34(2)14-16-35;1-3-26(35)31-21-8-4-6-19(16-21)23-9-5-7-20-18-30-28(33-27(20)23)32-24-11-10-22(17-25(24)36-2)34-14-12-29-13-15-34;1-3-26(34)30-21-8-4-6-19(16-21)23-9-5-7-20-18-29-28(32-27(20)23)31-24-11-10-22(17-25(24)35-2)33-12-14-36-15-13-33/h4-12,17-19H,1,13-16H2,2-3H3,(H,31,36)(H,30,32,33);3-11,16-18,29H,1,12-15H2,2H3,(H,31,35)(H,30,32,33);3-11,16-18H,1,12-15H2,2H3,(H,30,34)(H,29,31,32). The number of carbonyl (C=O) groups is 3. The van der Waals surface area contributed by atoms with Gasteiger partial charge in [0.05, 0.1) is 68.2 Å². The van der Waals surface area contributed by atoms with Crippen LogP contribution >= 0.6 is 0 Å². The van der Waals surface area contributed by atoms with E-state index in [1.165, 1.54) is 18.2 Å². The number of nitrogens with one attached hydrogen (secondary N) is 7. The van der Waals surface area contributed by atoms with Gasteiger partial charge in [0.15, 0.2) is 0 Å². The maximum Gasteiger partial charge on any atom is 0.247 e. The Labute approximate surface area is 632 Å². The molecule has 0 spiro atoms. The van der Waals surface area contributed by atoms with Gasteiger partial charge in [0.25, 0.3) is 0 Å². The zero-order valence-electron chi connectivity index (χ0n) is 61.2. The predicted molar refractivity (Wildman–Crippen MR) is 438 cm³/mol. The molecule has 15 rings (SSSR count). The second kappa shape index (κ2) is 35.2. The van der Waals surface area contributed by atoms with Crippen LogP contribution < -0.4 is 66.1 Å². The van der Waals surface area contributed by atoms with E-state index in [0.717, 1.165) is 190 Å². The van der Waals surface area contributed by atoms with Gasteiger partial charge in [0, 0.05) is 169 Å². The number of nitrogens with zero attached hydrogens (tertiary/aromatic N) is 10. The molecule has 3 fully saturated rings. The van der Waals surface area contributed by atoms with Crippen molar-refractivity contribution in [1.82, 2.24) is 40.1 Å². The van der Waals surface area contributed by atoms with Gasteiger partial charge < -0.3 is 75.8 Å². The van der Waals surface area contributed by atoms with Gasteiger partial charge in [-0.15, -0.1) is 0 Å². The highest BCUT2D eigenvalue weighted by Gasteiger charge is 2.21. The minimum absolute atomic E-state index is 0.253. The highest BCUT2D eigenvalue weighted by atomic mass is 16.5. The van der Waals surface area contributed by atoms with Gasteiger partial charge in [0.2, 0.25) is 35.6 Å². The molecule has 0 aliphatic carbocycles. The molecular weight excluding hydrogens is 1370 g/mol. The number of benzene rings is 9. The summed E-state index contributed by atoms with van der Waals surface area (Å²) in [5.41, 5.74) is 15.8. The molecule has 3 amide bonds. The van der Waals surface area contributed by atoms with Gasteiger partial charge in [-0.3, -0.25) is 14.4 Å². The lowest BCUT2D eigenvalue weighted by Gasteiger charge is -2.34. The van der Waals surface area contributed by atoms with Crippen LogP contribution in [-0.4, -0.2) is 160 Å². The molecular formula is C85H85N17O7. The maximum absolute atomic E-state index is 11.8. The Hall–Kier alpha value is -13.3. The summed E-state index contributed by atoms with van der Waals surface area (Å²) in [6.07, 6.45) is 9.16. The lowest BCUT2D eigenvalue weighted by Crippen LogP contribution is -2.44. The summed E-state index contributed by atoms with van der Waals surface area (Å²) < 4.78 is 22.5.